The molecule has 2 rings (SSSR count). The van der Waals surface area contributed by atoms with Crippen molar-refractivity contribution in [2.45, 2.75) is 13.8 Å². The Morgan fingerprint density at radius 2 is 1.12 bits per heavy atom. The number of rotatable bonds is 4. The molecule has 3 heteroatoms. The monoisotopic (exact) mass is 304 g/mol. The third-order valence-electron chi connectivity index (χ3n) is 2.49. The first-order valence-corrected chi connectivity index (χ1v) is 7.48. The van der Waals surface area contributed by atoms with Crippen molar-refractivity contribution in [2.75, 3.05) is 0 Å². The second-order valence-electron chi connectivity index (χ2n) is 3.82. The van der Waals surface area contributed by atoms with Gasteiger partial charge in [-0.3, -0.25) is 0 Å². The summed E-state index contributed by atoms with van der Waals surface area (Å²) in [6, 6.07) is 16.0. The van der Waals surface area contributed by atoms with Gasteiger partial charge < -0.3 is 0 Å². The molecule has 0 aliphatic rings. The van der Waals surface area contributed by atoms with Gasteiger partial charge in [-0.1, -0.05) is 0 Å². The summed E-state index contributed by atoms with van der Waals surface area (Å²) in [6.45, 7) is 4.09. The molecule has 0 aliphatic carbocycles. The molecule has 86 valence electrons. The first kappa shape index (κ1) is 12.4. The first-order chi connectivity index (χ1) is 8.27. The van der Waals surface area contributed by atoms with Crippen LogP contribution >= 0.6 is 0 Å². The second-order valence-corrected chi connectivity index (χ2v) is 5.23. The molecule has 2 nitrogen and oxygen atoms in total. The van der Waals surface area contributed by atoms with Gasteiger partial charge in [0, 0.05) is 0 Å². The van der Waals surface area contributed by atoms with Crippen LogP contribution in [0.2, 0.25) is 0 Å². The molecule has 2 aromatic carbocycles. The van der Waals surface area contributed by atoms with Gasteiger partial charge in [-0.15, -0.1) is 0 Å². The van der Waals surface area contributed by atoms with Crippen molar-refractivity contribution in [3.8, 4) is 11.5 Å². The maximum absolute atomic E-state index is 5.74. The third kappa shape index (κ3) is 3.44. The van der Waals surface area contributed by atoms with Crippen molar-refractivity contribution in [1.82, 2.24) is 0 Å². The van der Waals surface area contributed by atoms with Gasteiger partial charge in [0.25, 0.3) is 0 Å². The molecular formula is C14H14O2Zr. The standard InChI is InChI=1S/2C7H8O.Zr/c2*1-6-4-2-3-5-7(6)8;/h2*2-5,8H,1H3;/q;;+2/p-2. The van der Waals surface area contributed by atoms with E-state index < -0.39 is 24.1 Å². The second kappa shape index (κ2) is 6.02. The average molecular weight is 305 g/mol. The maximum atomic E-state index is 5.74. The van der Waals surface area contributed by atoms with Crippen LogP contribution in [0.5, 0.6) is 11.5 Å². The topological polar surface area (TPSA) is 18.5 Å². The van der Waals surface area contributed by atoms with Crippen LogP contribution in [0.1, 0.15) is 11.1 Å². The summed E-state index contributed by atoms with van der Waals surface area (Å²) in [5, 5.41) is 0. The fourth-order valence-corrected chi connectivity index (χ4v) is 3.12. The van der Waals surface area contributed by atoms with Crippen LogP contribution in [0.15, 0.2) is 48.5 Å². The van der Waals surface area contributed by atoms with Crippen LogP contribution in [0, 0.1) is 13.8 Å². The van der Waals surface area contributed by atoms with Crippen LogP contribution in [-0.4, -0.2) is 0 Å². The number of aryl methyl sites for hydroxylation is 2. The van der Waals surface area contributed by atoms with Gasteiger partial charge in [-0.2, -0.15) is 0 Å². The fraction of sp³-hybridized carbons (Fsp3) is 0.143. The molecule has 0 aromatic heterocycles. The Hall–Kier alpha value is -1.08. The predicted octanol–water partition coefficient (Wildman–Crippen LogP) is 3.67. The Morgan fingerprint density at radius 1 is 0.706 bits per heavy atom. The van der Waals surface area contributed by atoms with E-state index in [1.807, 2.05) is 62.4 Å². The van der Waals surface area contributed by atoms with Crippen molar-refractivity contribution < 1.29 is 29.7 Å². The van der Waals surface area contributed by atoms with E-state index in [1.165, 1.54) is 0 Å². The average Bonchev–Trinajstić information content (AvgIpc) is 2.34. The van der Waals surface area contributed by atoms with E-state index in [-0.39, 0.29) is 0 Å². The summed E-state index contributed by atoms with van der Waals surface area (Å²) >= 11 is -1.31. The third-order valence-corrected chi connectivity index (χ3v) is 3.98. The minimum absolute atomic E-state index is 0.938. The summed E-state index contributed by atoms with van der Waals surface area (Å²) in [5.41, 5.74) is 2.31. The van der Waals surface area contributed by atoms with Crippen molar-refractivity contribution >= 4 is 0 Å². The van der Waals surface area contributed by atoms with Crippen LogP contribution in [0.3, 0.4) is 0 Å². The molecule has 0 heterocycles. The summed E-state index contributed by atoms with van der Waals surface area (Å²) < 4.78 is 11.5. The minimum atomic E-state index is -1.31. The molecule has 0 amide bonds. The van der Waals surface area contributed by atoms with Gasteiger partial charge in [-0.05, 0) is 0 Å². The Balaban J connectivity index is 1.93. The first-order valence-electron chi connectivity index (χ1n) is 5.47. The van der Waals surface area contributed by atoms with Gasteiger partial charge in [0.1, 0.15) is 0 Å². The summed E-state index contributed by atoms with van der Waals surface area (Å²) in [5.74, 6) is 1.88. The molecule has 0 fully saturated rings. The Labute approximate surface area is 114 Å². The van der Waals surface area contributed by atoms with E-state index >= 15 is 0 Å². The van der Waals surface area contributed by atoms with Crippen molar-refractivity contribution in [3.05, 3.63) is 59.7 Å². The molecule has 17 heavy (non-hydrogen) atoms. The summed E-state index contributed by atoms with van der Waals surface area (Å²) in [4.78, 5) is 0. The predicted molar refractivity (Wildman–Crippen MR) is 63.6 cm³/mol. The van der Waals surface area contributed by atoms with E-state index in [0.717, 1.165) is 22.6 Å². The molecule has 0 radical (unpaired) electrons. The summed E-state index contributed by atoms with van der Waals surface area (Å²) in [6.07, 6.45) is 0. The van der Waals surface area contributed by atoms with E-state index in [1.54, 1.807) is 0 Å². The zero-order chi connectivity index (χ0) is 12.1. The van der Waals surface area contributed by atoms with Gasteiger partial charge in [0.05, 0.1) is 0 Å². The van der Waals surface area contributed by atoms with Crippen LogP contribution in [0.4, 0.5) is 0 Å². The Kier molecular flexibility index (Phi) is 4.38. The van der Waals surface area contributed by atoms with Crippen molar-refractivity contribution in [3.63, 3.8) is 0 Å². The zero-order valence-corrected chi connectivity index (χ0v) is 12.4. The molecule has 2 aromatic rings. The van der Waals surface area contributed by atoms with E-state index in [2.05, 4.69) is 0 Å². The Bertz CT molecular complexity index is 452. The molecule has 0 N–H and O–H groups in total. The van der Waals surface area contributed by atoms with Gasteiger partial charge in [0.15, 0.2) is 0 Å². The summed E-state index contributed by atoms with van der Waals surface area (Å²) in [7, 11) is 0. The zero-order valence-electron chi connectivity index (χ0n) is 9.94. The fourth-order valence-electron chi connectivity index (χ4n) is 1.45. The van der Waals surface area contributed by atoms with E-state index in [9.17, 15) is 0 Å². The molecule has 0 saturated carbocycles. The van der Waals surface area contributed by atoms with Gasteiger partial charge >= 0.3 is 115 Å². The molecule has 0 saturated heterocycles. The molecular weight excluding hydrogens is 291 g/mol. The van der Waals surface area contributed by atoms with Gasteiger partial charge in [-0.25, -0.2) is 0 Å². The van der Waals surface area contributed by atoms with Crippen molar-refractivity contribution in [1.29, 1.82) is 0 Å². The normalized spacial score (nSPS) is 9.76. The van der Waals surface area contributed by atoms with E-state index in [0.29, 0.717) is 0 Å². The molecule has 0 atom stereocenters. The molecule has 0 spiro atoms. The quantitative estimate of drug-likeness (QED) is 0.858. The van der Waals surface area contributed by atoms with E-state index in [4.69, 9.17) is 5.63 Å². The number of para-hydroxylation sites is 2. The van der Waals surface area contributed by atoms with Gasteiger partial charge in [0.2, 0.25) is 0 Å². The molecule has 0 unspecified atom stereocenters. The van der Waals surface area contributed by atoms with Crippen LogP contribution in [0.25, 0.3) is 0 Å². The number of hydrogen-bond donors (Lipinski definition) is 0. The van der Waals surface area contributed by atoms with Crippen LogP contribution < -0.4 is 5.63 Å². The molecule has 0 aliphatic heterocycles. The number of benzene rings is 2. The van der Waals surface area contributed by atoms with Crippen molar-refractivity contribution in [2.24, 2.45) is 0 Å². The molecule has 0 bridgehead atoms. The Morgan fingerprint density at radius 3 is 1.53 bits per heavy atom. The SMILES string of the molecule is Cc1ccccc1[O][Zr][O]c1ccccc1C. The number of hydrogen-bond acceptors (Lipinski definition) is 2. The van der Waals surface area contributed by atoms with Crippen LogP contribution in [-0.2, 0) is 24.1 Å².